The molecule has 0 aliphatic carbocycles. The van der Waals surface area contributed by atoms with E-state index in [-0.39, 0.29) is 6.61 Å². The van der Waals surface area contributed by atoms with Gasteiger partial charge in [0.1, 0.15) is 5.82 Å². The van der Waals surface area contributed by atoms with Crippen LogP contribution in [-0.2, 0) is 20.0 Å². The Morgan fingerprint density at radius 2 is 1.88 bits per heavy atom. The number of nitrogens with zero attached hydrogens (tertiary/aromatic N) is 5. The zero-order chi connectivity index (χ0) is 22.6. The summed E-state index contributed by atoms with van der Waals surface area (Å²) in [6.07, 6.45) is 4.69. The van der Waals surface area contributed by atoms with Gasteiger partial charge >= 0.3 is 0 Å². The fraction of sp³-hybridized carbons (Fsp3) is 0.240. The maximum absolute atomic E-state index is 9.77. The van der Waals surface area contributed by atoms with Gasteiger partial charge in [0.15, 0.2) is 0 Å². The molecule has 0 bridgehead atoms. The minimum Gasteiger partial charge on any atom is -0.395 e. The van der Waals surface area contributed by atoms with E-state index in [2.05, 4.69) is 32.8 Å². The van der Waals surface area contributed by atoms with E-state index in [0.717, 1.165) is 52.5 Å². The number of fused-ring (bicyclic) bond motifs is 1. The number of aryl methyl sites for hydroxylation is 1. The van der Waals surface area contributed by atoms with Crippen LogP contribution in [0.3, 0.4) is 0 Å². The van der Waals surface area contributed by atoms with Gasteiger partial charge in [0, 0.05) is 61.8 Å². The van der Waals surface area contributed by atoms with Gasteiger partial charge in [0.05, 0.1) is 18.5 Å². The van der Waals surface area contributed by atoms with Crippen molar-refractivity contribution in [1.29, 1.82) is 0 Å². The Balaban J connectivity index is 1.48. The Bertz CT molecular complexity index is 1220. The molecule has 33 heavy (non-hydrogen) atoms. The summed E-state index contributed by atoms with van der Waals surface area (Å²) in [7, 11) is 1.91. The molecule has 0 atom stereocenters. The lowest BCUT2D eigenvalue weighted by molar-refractivity contribution is 0.305. The first-order valence-corrected chi connectivity index (χ1v) is 11.1. The predicted molar refractivity (Wildman–Crippen MR) is 130 cm³/mol. The molecule has 0 saturated carbocycles. The number of aliphatic hydroxyl groups is 1. The molecule has 5 rings (SSSR count). The number of rotatable bonds is 7. The normalized spacial score (nSPS) is 12.9. The lowest BCUT2D eigenvalue weighted by atomic mass is 10.1. The number of aromatic nitrogens is 4. The third-order valence-corrected chi connectivity index (χ3v) is 5.74. The van der Waals surface area contributed by atoms with Gasteiger partial charge < -0.3 is 20.6 Å². The molecular weight excluding hydrogens is 414 g/mol. The fourth-order valence-electron chi connectivity index (χ4n) is 4.12. The lowest BCUT2D eigenvalue weighted by Gasteiger charge is -2.28. The van der Waals surface area contributed by atoms with E-state index in [9.17, 15) is 5.11 Å². The van der Waals surface area contributed by atoms with Gasteiger partial charge in [-0.2, -0.15) is 10.1 Å². The van der Waals surface area contributed by atoms with Crippen molar-refractivity contribution < 1.29 is 5.11 Å². The zero-order valence-corrected chi connectivity index (χ0v) is 18.6. The summed E-state index contributed by atoms with van der Waals surface area (Å²) in [5.41, 5.74) is 6.19. The number of para-hydroxylation sites is 1. The number of aliphatic hydroxyl groups excluding tert-OH is 1. The number of hydrogen-bond acceptors (Lipinski definition) is 7. The van der Waals surface area contributed by atoms with Crippen LogP contribution in [0.25, 0.3) is 11.1 Å². The van der Waals surface area contributed by atoms with E-state index in [0.29, 0.717) is 19.0 Å². The van der Waals surface area contributed by atoms with Gasteiger partial charge in [0.2, 0.25) is 5.95 Å². The first kappa shape index (κ1) is 21.1. The number of benzene rings is 2. The maximum atomic E-state index is 9.77. The molecule has 2 aromatic carbocycles. The van der Waals surface area contributed by atoms with Crippen molar-refractivity contribution in [3.8, 4) is 11.1 Å². The first-order chi connectivity index (χ1) is 16.2. The first-order valence-electron chi connectivity index (χ1n) is 11.1. The van der Waals surface area contributed by atoms with Gasteiger partial charge in [-0.1, -0.05) is 30.3 Å². The number of hydrogen-bond donors (Lipinski definition) is 3. The molecule has 1 aliphatic heterocycles. The summed E-state index contributed by atoms with van der Waals surface area (Å²) >= 11 is 0. The van der Waals surface area contributed by atoms with Crippen LogP contribution in [0, 0.1) is 0 Å². The Morgan fingerprint density at radius 1 is 1.06 bits per heavy atom. The summed E-state index contributed by atoms with van der Waals surface area (Å²) in [4.78, 5) is 11.8. The molecule has 168 valence electrons. The molecule has 0 radical (unpaired) electrons. The van der Waals surface area contributed by atoms with Crippen LogP contribution in [0.2, 0.25) is 0 Å². The summed E-state index contributed by atoms with van der Waals surface area (Å²) in [5.74, 6) is 1.38. The molecule has 3 N–H and O–H groups in total. The molecule has 0 saturated heterocycles. The maximum Gasteiger partial charge on any atom is 0.229 e. The molecule has 2 aromatic heterocycles. The molecule has 0 unspecified atom stereocenters. The molecule has 8 nitrogen and oxygen atoms in total. The van der Waals surface area contributed by atoms with Crippen molar-refractivity contribution in [2.45, 2.75) is 13.0 Å². The van der Waals surface area contributed by atoms with E-state index in [1.54, 1.807) is 4.68 Å². The predicted octanol–water partition coefficient (Wildman–Crippen LogP) is 3.40. The Morgan fingerprint density at radius 3 is 2.61 bits per heavy atom. The average Bonchev–Trinajstić information content (AvgIpc) is 3.29. The van der Waals surface area contributed by atoms with Gasteiger partial charge in [-0.05, 0) is 29.8 Å². The van der Waals surface area contributed by atoms with Crippen molar-refractivity contribution in [3.05, 3.63) is 78.2 Å². The second-order valence-electron chi connectivity index (χ2n) is 8.04. The van der Waals surface area contributed by atoms with Crippen LogP contribution in [0.15, 0.2) is 67.0 Å². The van der Waals surface area contributed by atoms with Crippen molar-refractivity contribution in [2.75, 3.05) is 29.9 Å². The summed E-state index contributed by atoms with van der Waals surface area (Å²) in [6, 6.07) is 18.2. The Labute approximate surface area is 192 Å². The monoisotopic (exact) mass is 441 g/mol. The van der Waals surface area contributed by atoms with Crippen molar-refractivity contribution in [1.82, 2.24) is 25.1 Å². The molecule has 3 heterocycles. The van der Waals surface area contributed by atoms with E-state index in [4.69, 9.17) is 9.97 Å². The van der Waals surface area contributed by atoms with Crippen LogP contribution in [0.5, 0.6) is 0 Å². The van der Waals surface area contributed by atoms with Crippen LogP contribution < -0.4 is 15.5 Å². The second-order valence-corrected chi connectivity index (χ2v) is 8.04. The third kappa shape index (κ3) is 4.57. The molecule has 4 aromatic rings. The molecular formula is C25H27N7O. The lowest BCUT2D eigenvalue weighted by Crippen LogP contribution is -2.30. The standard InChI is InChI=1S/C25H27N7O/c1-31-17-19(15-27-31)18-7-9-20(10-8-18)28-25-29-23-11-12-26-16-22(23)24(30-25)32(13-14-33)21-5-3-2-4-6-21/h2-10,15,17,26,33H,11-14,16H2,1H3,(H,28,29,30). The van der Waals surface area contributed by atoms with Gasteiger partial charge in [-0.3, -0.25) is 4.68 Å². The largest absolute Gasteiger partial charge is 0.395 e. The molecule has 0 spiro atoms. The minimum absolute atomic E-state index is 0.0274. The van der Waals surface area contributed by atoms with E-state index >= 15 is 0 Å². The third-order valence-electron chi connectivity index (χ3n) is 5.74. The molecule has 1 aliphatic rings. The van der Waals surface area contributed by atoms with Gasteiger partial charge in [0.25, 0.3) is 0 Å². The highest BCUT2D eigenvalue weighted by Crippen LogP contribution is 2.31. The van der Waals surface area contributed by atoms with E-state index in [1.807, 2.05) is 61.9 Å². The topological polar surface area (TPSA) is 91.1 Å². The molecule has 8 heteroatoms. The van der Waals surface area contributed by atoms with E-state index in [1.165, 1.54) is 0 Å². The van der Waals surface area contributed by atoms with Crippen LogP contribution >= 0.6 is 0 Å². The summed E-state index contributed by atoms with van der Waals surface area (Å²) < 4.78 is 1.80. The van der Waals surface area contributed by atoms with E-state index < -0.39 is 0 Å². The summed E-state index contributed by atoms with van der Waals surface area (Å²) in [5, 5.41) is 20.8. The van der Waals surface area contributed by atoms with Crippen molar-refractivity contribution in [2.24, 2.45) is 7.05 Å². The molecule has 0 fully saturated rings. The Kier molecular flexibility index (Phi) is 6.01. The van der Waals surface area contributed by atoms with Gasteiger partial charge in [-0.25, -0.2) is 4.98 Å². The average molecular weight is 442 g/mol. The highest BCUT2D eigenvalue weighted by atomic mass is 16.3. The zero-order valence-electron chi connectivity index (χ0n) is 18.6. The van der Waals surface area contributed by atoms with Crippen LogP contribution in [0.1, 0.15) is 11.3 Å². The SMILES string of the molecule is Cn1cc(-c2ccc(Nc3nc4c(c(N(CCO)c5ccccc5)n3)CNCC4)cc2)cn1. The van der Waals surface area contributed by atoms with Crippen LogP contribution in [0.4, 0.5) is 23.1 Å². The van der Waals surface area contributed by atoms with Crippen molar-refractivity contribution in [3.63, 3.8) is 0 Å². The minimum atomic E-state index is 0.0274. The molecule has 0 amide bonds. The second kappa shape index (κ2) is 9.40. The van der Waals surface area contributed by atoms with Gasteiger partial charge in [-0.15, -0.1) is 0 Å². The Hall–Kier alpha value is -3.75. The number of nitrogens with one attached hydrogen (secondary N) is 2. The highest BCUT2D eigenvalue weighted by Gasteiger charge is 2.22. The van der Waals surface area contributed by atoms with Crippen molar-refractivity contribution >= 4 is 23.1 Å². The summed E-state index contributed by atoms with van der Waals surface area (Å²) in [6.45, 7) is 2.07. The number of anilines is 4. The quantitative estimate of drug-likeness (QED) is 0.405. The highest BCUT2D eigenvalue weighted by molar-refractivity contribution is 5.68. The van der Waals surface area contributed by atoms with Crippen LogP contribution in [-0.4, -0.2) is 44.6 Å². The fourth-order valence-corrected chi connectivity index (χ4v) is 4.12. The smallest absolute Gasteiger partial charge is 0.229 e.